The van der Waals surface area contributed by atoms with Crippen LogP contribution in [-0.2, 0) is 15.1 Å². The first-order valence-electron chi connectivity index (χ1n) is 9.42. The number of methoxy groups -OCH3 is 2. The van der Waals surface area contributed by atoms with E-state index in [-0.39, 0.29) is 6.79 Å². The zero-order valence-electron chi connectivity index (χ0n) is 17.2. The second kappa shape index (κ2) is 7.71. The number of nitrogens with one attached hydrogen (secondary N) is 2. The van der Waals surface area contributed by atoms with Gasteiger partial charge in [-0.3, -0.25) is 14.5 Å². The molecule has 4 rings (SSSR count). The quantitative estimate of drug-likeness (QED) is 0.676. The fourth-order valence-corrected chi connectivity index (χ4v) is 3.50. The van der Waals surface area contributed by atoms with Gasteiger partial charge in [-0.25, -0.2) is 4.79 Å². The van der Waals surface area contributed by atoms with Gasteiger partial charge >= 0.3 is 6.03 Å². The molecule has 0 aromatic heterocycles. The van der Waals surface area contributed by atoms with Crippen LogP contribution in [0.3, 0.4) is 0 Å². The Hall–Kier alpha value is -3.95. The third kappa shape index (κ3) is 3.56. The fourth-order valence-electron chi connectivity index (χ4n) is 3.50. The highest BCUT2D eigenvalue weighted by atomic mass is 16.7. The van der Waals surface area contributed by atoms with Crippen LogP contribution in [0.25, 0.3) is 0 Å². The average Bonchev–Trinajstić information content (AvgIpc) is 3.31. The SMILES string of the molecule is COc1ccc([C@@]2(C)NC(=O)N(CC(=O)Nc3ccc4c(c3)OCO4)C2=O)cc1OC. The van der Waals surface area contributed by atoms with Crippen molar-refractivity contribution in [2.75, 3.05) is 32.9 Å². The summed E-state index contributed by atoms with van der Waals surface area (Å²) in [6.45, 7) is 1.25. The highest BCUT2D eigenvalue weighted by Crippen LogP contribution is 2.36. The van der Waals surface area contributed by atoms with Gasteiger partial charge in [0, 0.05) is 11.8 Å². The van der Waals surface area contributed by atoms with Gasteiger partial charge < -0.3 is 29.6 Å². The smallest absolute Gasteiger partial charge is 0.325 e. The third-order valence-electron chi connectivity index (χ3n) is 5.19. The third-order valence-corrected chi connectivity index (χ3v) is 5.19. The van der Waals surface area contributed by atoms with Crippen LogP contribution in [0.1, 0.15) is 12.5 Å². The van der Waals surface area contributed by atoms with Crippen LogP contribution in [0.2, 0.25) is 0 Å². The van der Waals surface area contributed by atoms with Gasteiger partial charge in [0.25, 0.3) is 5.91 Å². The summed E-state index contributed by atoms with van der Waals surface area (Å²) in [5, 5.41) is 5.32. The lowest BCUT2D eigenvalue weighted by Gasteiger charge is -2.23. The van der Waals surface area contributed by atoms with Crippen molar-refractivity contribution in [3.8, 4) is 23.0 Å². The van der Waals surface area contributed by atoms with Crippen LogP contribution in [0.4, 0.5) is 10.5 Å². The van der Waals surface area contributed by atoms with E-state index in [1.807, 2.05) is 0 Å². The molecule has 162 valence electrons. The molecule has 2 aromatic carbocycles. The molecule has 0 unspecified atom stereocenters. The molecule has 1 atom stereocenters. The van der Waals surface area contributed by atoms with Gasteiger partial charge in [-0.05, 0) is 36.8 Å². The molecular formula is C21H21N3O7. The molecule has 2 aromatic rings. The number of nitrogens with zero attached hydrogens (tertiary/aromatic N) is 1. The molecule has 1 fully saturated rings. The maximum atomic E-state index is 13.1. The van der Waals surface area contributed by atoms with Gasteiger partial charge in [-0.15, -0.1) is 0 Å². The zero-order valence-corrected chi connectivity index (χ0v) is 17.2. The molecule has 2 heterocycles. The van der Waals surface area contributed by atoms with Crippen LogP contribution in [-0.4, -0.2) is 50.3 Å². The first kappa shape index (κ1) is 20.3. The Balaban J connectivity index is 1.49. The maximum absolute atomic E-state index is 13.1. The molecule has 2 aliphatic rings. The topological polar surface area (TPSA) is 115 Å². The van der Waals surface area contributed by atoms with E-state index in [1.54, 1.807) is 43.3 Å². The van der Waals surface area contributed by atoms with Crippen LogP contribution < -0.4 is 29.6 Å². The van der Waals surface area contributed by atoms with Crippen molar-refractivity contribution in [3.63, 3.8) is 0 Å². The largest absolute Gasteiger partial charge is 0.493 e. The van der Waals surface area contributed by atoms with Crippen LogP contribution in [0.5, 0.6) is 23.0 Å². The van der Waals surface area contributed by atoms with Gasteiger partial charge in [0.05, 0.1) is 14.2 Å². The number of urea groups is 1. The summed E-state index contributed by atoms with van der Waals surface area (Å²) in [5.74, 6) is 0.921. The van der Waals surface area contributed by atoms with Crippen molar-refractivity contribution in [3.05, 3.63) is 42.0 Å². The number of anilines is 1. The summed E-state index contributed by atoms with van der Waals surface area (Å²) in [6, 6.07) is 9.18. The minimum atomic E-state index is -1.35. The second-order valence-electron chi connectivity index (χ2n) is 7.13. The number of carbonyl (C=O) groups is 3. The molecular weight excluding hydrogens is 406 g/mol. The Morgan fingerprint density at radius 3 is 2.58 bits per heavy atom. The molecule has 0 bridgehead atoms. The number of ether oxygens (including phenoxy) is 4. The van der Waals surface area contributed by atoms with E-state index in [0.717, 1.165) is 4.90 Å². The van der Waals surface area contributed by atoms with E-state index in [9.17, 15) is 14.4 Å². The lowest BCUT2D eigenvalue weighted by Crippen LogP contribution is -2.42. The average molecular weight is 427 g/mol. The van der Waals surface area contributed by atoms with Gasteiger partial charge in [0.1, 0.15) is 12.1 Å². The van der Waals surface area contributed by atoms with Crippen molar-refractivity contribution >= 4 is 23.5 Å². The van der Waals surface area contributed by atoms with Crippen molar-refractivity contribution < 1.29 is 33.3 Å². The highest BCUT2D eigenvalue weighted by molar-refractivity contribution is 6.10. The zero-order chi connectivity index (χ0) is 22.2. The first-order chi connectivity index (χ1) is 14.9. The lowest BCUT2D eigenvalue weighted by atomic mass is 9.91. The van der Waals surface area contributed by atoms with E-state index in [1.165, 1.54) is 14.2 Å². The van der Waals surface area contributed by atoms with Crippen molar-refractivity contribution in [2.45, 2.75) is 12.5 Å². The molecule has 1 saturated heterocycles. The van der Waals surface area contributed by atoms with Gasteiger partial charge in [0.15, 0.2) is 23.0 Å². The molecule has 0 aliphatic carbocycles. The van der Waals surface area contributed by atoms with Crippen LogP contribution >= 0.6 is 0 Å². The Bertz CT molecular complexity index is 1070. The summed E-state index contributed by atoms with van der Waals surface area (Å²) >= 11 is 0. The van der Waals surface area contributed by atoms with Crippen molar-refractivity contribution in [1.82, 2.24) is 10.2 Å². The Morgan fingerprint density at radius 1 is 1.10 bits per heavy atom. The first-order valence-corrected chi connectivity index (χ1v) is 9.42. The number of fused-ring (bicyclic) bond motifs is 1. The van der Waals surface area contributed by atoms with E-state index >= 15 is 0 Å². The van der Waals surface area contributed by atoms with Gasteiger partial charge in [-0.2, -0.15) is 0 Å². The molecule has 10 nitrogen and oxygen atoms in total. The Morgan fingerprint density at radius 2 is 1.84 bits per heavy atom. The normalized spacial score (nSPS) is 19.3. The van der Waals surface area contributed by atoms with Crippen molar-refractivity contribution in [1.29, 1.82) is 0 Å². The number of amides is 4. The molecule has 31 heavy (non-hydrogen) atoms. The summed E-state index contributed by atoms with van der Waals surface area (Å²) in [4.78, 5) is 39.0. The predicted molar refractivity (Wildman–Crippen MR) is 108 cm³/mol. The second-order valence-corrected chi connectivity index (χ2v) is 7.13. The van der Waals surface area contributed by atoms with E-state index < -0.39 is 29.9 Å². The predicted octanol–water partition coefficient (Wildman–Crippen LogP) is 1.84. The minimum Gasteiger partial charge on any atom is -0.493 e. The molecule has 2 aliphatic heterocycles. The van der Waals surface area contributed by atoms with Crippen LogP contribution in [0, 0.1) is 0 Å². The number of hydrogen-bond acceptors (Lipinski definition) is 7. The molecule has 0 radical (unpaired) electrons. The maximum Gasteiger partial charge on any atom is 0.325 e. The monoisotopic (exact) mass is 427 g/mol. The summed E-state index contributed by atoms with van der Waals surface area (Å²) in [5.41, 5.74) is -0.388. The Labute approximate surface area is 178 Å². The number of rotatable bonds is 6. The Kier molecular flexibility index (Phi) is 5.05. The summed E-state index contributed by atoms with van der Waals surface area (Å²) < 4.78 is 21.0. The molecule has 0 saturated carbocycles. The fraction of sp³-hybridized carbons (Fsp3) is 0.286. The lowest BCUT2D eigenvalue weighted by molar-refractivity contribution is -0.133. The van der Waals surface area contributed by atoms with Gasteiger partial charge in [-0.1, -0.05) is 6.07 Å². The molecule has 10 heteroatoms. The van der Waals surface area contributed by atoms with E-state index in [4.69, 9.17) is 18.9 Å². The number of carbonyl (C=O) groups excluding carboxylic acids is 3. The number of hydrogen-bond donors (Lipinski definition) is 2. The molecule has 0 spiro atoms. The van der Waals surface area contributed by atoms with Crippen molar-refractivity contribution in [2.24, 2.45) is 0 Å². The van der Waals surface area contributed by atoms with Crippen LogP contribution in [0.15, 0.2) is 36.4 Å². The highest BCUT2D eigenvalue weighted by Gasteiger charge is 2.49. The number of imide groups is 1. The summed E-state index contributed by atoms with van der Waals surface area (Å²) in [7, 11) is 2.98. The minimum absolute atomic E-state index is 0.115. The molecule has 2 N–H and O–H groups in total. The molecule has 4 amide bonds. The summed E-state index contributed by atoms with van der Waals surface area (Å²) in [6.07, 6.45) is 0. The van der Waals surface area contributed by atoms with E-state index in [2.05, 4.69) is 10.6 Å². The standard InChI is InChI=1S/C21H21N3O7/c1-21(12-4-6-14(28-2)16(8-12)29-3)19(26)24(20(27)23-21)10-18(25)22-13-5-7-15-17(9-13)31-11-30-15/h4-9H,10-11H2,1-3H3,(H,22,25)(H,23,27)/t21-/m1/s1. The number of benzene rings is 2. The van der Waals surface area contributed by atoms with Gasteiger partial charge in [0.2, 0.25) is 12.7 Å². The van der Waals surface area contributed by atoms with E-state index in [0.29, 0.717) is 34.2 Å².